The highest BCUT2D eigenvalue weighted by atomic mass is 35.7. The largest absolute Gasteiger partial charge is 0.338 e. The van der Waals surface area contributed by atoms with Crippen LogP contribution in [0.2, 0.25) is 0 Å². The van der Waals surface area contributed by atoms with Gasteiger partial charge in [-0.2, -0.15) is 5.10 Å². The van der Waals surface area contributed by atoms with E-state index in [1.165, 1.54) is 17.7 Å². The van der Waals surface area contributed by atoms with Crippen LogP contribution in [0.25, 0.3) is 39.1 Å². The Hall–Kier alpha value is -4.58. The number of amides is 2. The van der Waals surface area contributed by atoms with Gasteiger partial charge in [0, 0.05) is 60.8 Å². The first-order chi connectivity index (χ1) is 22.9. The van der Waals surface area contributed by atoms with Crippen molar-refractivity contribution in [3.05, 3.63) is 103 Å². The second kappa shape index (κ2) is 13.3. The molecular formula is C35H31ClFN7O2S. The third-order valence-corrected chi connectivity index (χ3v) is 10.5. The lowest BCUT2D eigenvalue weighted by Gasteiger charge is -2.29. The van der Waals surface area contributed by atoms with Crippen molar-refractivity contribution in [3.63, 3.8) is 0 Å². The van der Waals surface area contributed by atoms with E-state index in [2.05, 4.69) is 43.7 Å². The number of fused-ring (bicyclic) bond motifs is 1. The van der Waals surface area contributed by atoms with Crippen molar-refractivity contribution < 1.29 is 14.0 Å². The van der Waals surface area contributed by atoms with Crippen LogP contribution in [0.3, 0.4) is 0 Å². The van der Waals surface area contributed by atoms with Crippen LogP contribution in [0.15, 0.2) is 91.3 Å². The maximum atomic E-state index is 13.6. The molecule has 9 nitrogen and oxygen atoms in total. The number of anilines is 1. The average Bonchev–Trinajstić information content (AvgIpc) is 3.74. The van der Waals surface area contributed by atoms with Gasteiger partial charge in [0.05, 0.1) is 17.8 Å². The smallest absolute Gasteiger partial charge is 0.243 e. The van der Waals surface area contributed by atoms with Gasteiger partial charge in [-0.25, -0.2) is 14.4 Å². The number of carbonyl (C=O) groups excluding carboxylic acids is 2. The molecule has 2 N–H and O–H groups in total. The van der Waals surface area contributed by atoms with Crippen LogP contribution in [0.4, 0.5) is 10.1 Å². The summed E-state index contributed by atoms with van der Waals surface area (Å²) < 4.78 is 12.6. The number of hydrogen-bond acceptors (Lipinski definition) is 7. The maximum absolute atomic E-state index is 13.6. The molecule has 1 fully saturated rings. The van der Waals surface area contributed by atoms with E-state index in [-0.39, 0.29) is 24.2 Å². The lowest BCUT2D eigenvalue weighted by atomic mass is 9.98. The minimum Gasteiger partial charge on any atom is -0.338 e. The van der Waals surface area contributed by atoms with Gasteiger partial charge >= 0.3 is 0 Å². The Morgan fingerprint density at radius 1 is 0.979 bits per heavy atom. The highest BCUT2D eigenvalue weighted by Crippen LogP contribution is 2.39. The SMILES string of the molecule is O=C(CN1CCC(SCl)(C(=O)Nc2ccc3[nH]nc(-c4ccc(F)cc4)c3c2)C1)N1CC=C(c2ccc(-c3ncccn3)cc2)CC1. The van der Waals surface area contributed by atoms with Crippen molar-refractivity contribution >= 4 is 55.6 Å². The third-order valence-electron chi connectivity index (χ3n) is 8.81. The van der Waals surface area contributed by atoms with E-state index in [0.717, 1.165) is 45.0 Å². The van der Waals surface area contributed by atoms with Crippen molar-refractivity contribution in [2.45, 2.75) is 17.6 Å². The highest BCUT2D eigenvalue weighted by Gasteiger charge is 2.46. The number of likely N-dealkylation sites (tertiary alicyclic amines) is 1. The van der Waals surface area contributed by atoms with Crippen LogP contribution in [0.1, 0.15) is 18.4 Å². The lowest BCUT2D eigenvalue weighted by Crippen LogP contribution is -2.45. The lowest BCUT2D eigenvalue weighted by molar-refractivity contribution is -0.132. The van der Waals surface area contributed by atoms with E-state index in [9.17, 15) is 14.0 Å². The molecule has 0 radical (unpaired) electrons. The number of rotatable bonds is 8. The van der Waals surface area contributed by atoms with Gasteiger partial charge in [0.15, 0.2) is 5.82 Å². The second-order valence-electron chi connectivity index (χ2n) is 11.8. The zero-order valence-corrected chi connectivity index (χ0v) is 26.9. The van der Waals surface area contributed by atoms with Crippen LogP contribution in [-0.4, -0.2) is 79.3 Å². The zero-order chi connectivity index (χ0) is 32.4. The Morgan fingerprint density at radius 2 is 1.72 bits per heavy atom. The summed E-state index contributed by atoms with van der Waals surface area (Å²) in [6.45, 7) is 2.34. The van der Waals surface area contributed by atoms with Crippen LogP contribution in [0.5, 0.6) is 0 Å². The number of carbonyl (C=O) groups is 2. The average molecular weight is 668 g/mol. The Kier molecular flexibility index (Phi) is 8.76. The number of H-pyrrole nitrogens is 1. The number of hydrogen-bond donors (Lipinski definition) is 2. The van der Waals surface area contributed by atoms with Crippen LogP contribution >= 0.6 is 21.7 Å². The molecule has 0 bridgehead atoms. The summed E-state index contributed by atoms with van der Waals surface area (Å²) >= 11 is 0. The topological polar surface area (TPSA) is 107 Å². The number of nitrogens with zero attached hydrogens (tertiary/aromatic N) is 5. The number of nitrogens with one attached hydrogen (secondary N) is 2. The highest BCUT2D eigenvalue weighted by molar-refractivity contribution is 8.22. The molecule has 0 aliphatic carbocycles. The van der Waals surface area contributed by atoms with Crippen molar-refractivity contribution in [1.82, 2.24) is 30.0 Å². The van der Waals surface area contributed by atoms with Gasteiger partial charge in [-0.05, 0) is 94.2 Å². The Labute approximate surface area is 279 Å². The number of halogens is 2. The number of aromatic amines is 1. The maximum Gasteiger partial charge on any atom is 0.243 e. The summed E-state index contributed by atoms with van der Waals surface area (Å²) in [5.41, 5.74) is 6.13. The summed E-state index contributed by atoms with van der Waals surface area (Å²) in [6, 6.07) is 21.6. The van der Waals surface area contributed by atoms with Crippen molar-refractivity contribution in [3.8, 4) is 22.6 Å². The molecule has 3 aromatic carbocycles. The molecule has 1 saturated heterocycles. The second-order valence-corrected chi connectivity index (χ2v) is 13.2. The molecule has 5 aromatic rings. The first-order valence-electron chi connectivity index (χ1n) is 15.3. The molecular weight excluding hydrogens is 637 g/mol. The van der Waals surface area contributed by atoms with Crippen molar-refractivity contribution in [2.24, 2.45) is 0 Å². The molecule has 0 saturated carbocycles. The minimum absolute atomic E-state index is 0.0337. The fraction of sp³-hybridized carbons (Fsp3) is 0.229. The minimum atomic E-state index is -0.904. The quantitative estimate of drug-likeness (QED) is 0.197. The van der Waals surface area contributed by atoms with E-state index in [1.54, 1.807) is 36.7 Å². The first-order valence-corrected chi connectivity index (χ1v) is 17.0. The predicted octanol–water partition coefficient (Wildman–Crippen LogP) is 6.41. The summed E-state index contributed by atoms with van der Waals surface area (Å²) in [5.74, 6) is 0.190. The van der Waals surface area contributed by atoms with Gasteiger partial charge in [-0.3, -0.25) is 19.6 Å². The van der Waals surface area contributed by atoms with E-state index >= 15 is 0 Å². The number of benzene rings is 3. The van der Waals surface area contributed by atoms with E-state index < -0.39 is 4.75 Å². The van der Waals surface area contributed by atoms with E-state index in [1.807, 2.05) is 34.1 Å². The van der Waals surface area contributed by atoms with Crippen LogP contribution < -0.4 is 5.32 Å². The van der Waals surface area contributed by atoms with Gasteiger partial charge in [0.1, 0.15) is 10.6 Å². The molecule has 2 aliphatic heterocycles. The van der Waals surface area contributed by atoms with Gasteiger partial charge in [-0.15, -0.1) is 0 Å². The fourth-order valence-corrected chi connectivity index (χ4v) is 7.28. The molecule has 47 heavy (non-hydrogen) atoms. The fourth-order valence-electron chi connectivity index (χ4n) is 6.17. The van der Waals surface area contributed by atoms with Gasteiger partial charge < -0.3 is 10.2 Å². The molecule has 1 atom stereocenters. The molecule has 2 aliphatic rings. The molecule has 1 unspecified atom stereocenters. The summed E-state index contributed by atoms with van der Waals surface area (Å²) in [5, 5.41) is 11.2. The molecule has 238 valence electrons. The molecule has 2 amide bonds. The number of aromatic nitrogens is 4. The molecule has 4 heterocycles. The molecule has 2 aromatic heterocycles. The summed E-state index contributed by atoms with van der Waals surface area (Å²) in [7, 11) is 7.36. The summed E-state index contributed by atoms with van der Waals surface area (Å²) in [6.07, 6.45) is 6.86. The monoisotopic (exact) mass is 667 g/mol. The van der Waals surface area contributed by atoms with E-state index in [0.29, 0.717) is 49.8 Å². The molecule has 0 spiro atoms. The normalized spacial score (nSPS) is 18.3. The van der Waals surface area contributed by atoms with Crippen molar-refractivity contribution in [2.75, 3.05) is 38.0 Å². The van der Waals surface area contributed by atoms with Crippen LogP contribution in [0, 0.1) is 5.82 Å². The Morgan fingerprint density at radius 3 is 2.45 bits per heavy atom. The van der Waals surface area contributed by atoms with Crippen molar-refractivity contribution in [1.29, 1.82) is 0 Å². The van der Waals surface area contributed by atoms with Gasteiger partial charge in [0.25, 0.3) is 0 Å². The van der Waals surface area contributed by atoms with E-state index in [4.69, 9.17) is 10.7 Å². The standard InChI is InChI=1S/C35H31ClFN7O2S/c36-47-35(34(46)40-28-10-11-30-29(20-28)32(42-41-30)25-6-8-27(37)9-7-25)14-19-43(22-35)21-31(45)44-17-12-24(13-18-44)23-2-4-26(5-3-23)33-38-15-1-16-39-33/h1-12,15-16,20H,13-14,17-19,21-22H2,(H,40,46)(H,41,42). The molecule has 12 heteroatoms. The predicted molar refractivity (Wildman–Crippen MR) is 184 cm³/mol. The van der Waals surface area contributed by atoms with Crippen LogP contribution in [-0.2, 0) is 9.59 Å². The zero-order valence-electron chi connectivity index (χ0n) is 25.3. The van der Waals surface area contributed by atoms with Gasteiger partial charge in [0.2, 0.25) is 11.8 Å². The first kappa shape index (κ1) is 31.0. The Bertz CT molecular complexity index is 1950. The summed E-state index contributed by atoms with van der Waals surface area (Å²) in [4.78, 5) is 39.4. The van der Waals surface area contributed by atoms with Gasteiger partial charge in [-0.1, -0.05) is 30.3 Å². The molecule has 7 rings (SSSR count). The third kappa shape index (κ3) is 6.51. The Balaban J connectivity index is 0.960.